The molecule has 4 heteroatoms. The van der Waals surface area contributed by atoms with Gasteiger partial charge in [-0.05, 0) is 24.3 Å². The van der Waals surface area contributed by atoms with Crippen molar-refractivity contribution in [3.05, 3.63) is 72.2 Å². The average Bonchev–Trinajstić information content (AvgIpc) is 3.03. The molecule has 3 rings (SSSR count). The number of benzene rings is 2. The molecule has 2 aromatic carbocycles. The minimum absolute atomic E-state index is 0.243. The van der Waals surface area contributed by atoms with Crippen molar-refractivity contribution in [1.29, 1.82) is 0 Å². The molecule has 3 aromatic rings. The highest BCUT2D eigenvalue weighted by Gasteiger charge is 2.06. The maximum Gasteiger partial charge on any atom is 0.232 e. The van der Waals surface area contributed by atoms with Crippen LogP contribution in [0.25, 0.3) is 11.3 Å². The Labute approximate surface area is 122 Å². The van der Waals surface area contributed by atoms with Gasteiger partial charge in [0.05, 0.1) is 6.20 Å². The van der Waals surface area contributed by atoms with E-state index in [1.54, 1.807) is 30.5 Å². The molecular weight excluding hydrogens is 266 g/mol. The van der Waals surface area contributed by atoms with Crippen LogP contribution in [0.4, 0.5) is 0 Å². The quantitative estimate of drug-likeness (QED) is 0.668. The first-order valence-corrected chi connectivity index (χ1v) is 6.53. The van der Waals surface area contributed by atoms with Gasteiger partial charge in [0.15, 0.2) is 12.4 Å². The Bertz CT molecular complexity index is 717. The lowest BCUT2D eigenvalue weighted by molar-refractivity contribution is 0.112. The van der Waals surface area contributed by atoms with E-state index < -0.39 is 0 Å². The van der Waals surface area contributed by atoms with Crippen molar-refractivity contribution in [3.63, 3.8) is 0 Å². The molecule has 21 heavy (non-hydrogen) atoms. The van der Waals surface area contributed by atoms with E-state index in [2.05, 4.69) is 4.98 Å². The third-order valence-electron chi connectivity index (χ3n) is 2.99. The van der Waals surface area contributed by atoms with Crippen LogP contribution in [0, 0.1) is 0 Å². The molecule has 0 N–H and O–H groups in total. The minimum atomic E-state index is 0.243. The van der Waals surface area contributed by atoms with Gasteiger partial charge in [0, 0.05) is 11.1 Å². The highest BCUT2D eigenvalue weighted by Crippen LogP contribution is 2.20. The number of carbonyl (C=O) groups excluding carboxylic acids is 1. The maximum atomic E-state index is 10.6. The first-order chi connectivity index (χ1) is 10.3. The monoisotopic (exact) mass is 279 g/mol. The highest BCUT2D eigenvalue weighted by atomic mass is 16.5. The summed E-state index contributed by atoms with van der Waals surface area (Å²) in [6.45, 7) is 0.243. The van der Waals surface area contributed by atoms with Crippen molar-refractivity contribution < 1.29 is 13.9 Å². The third kappa shape index (κ3) is 3.17. The van der Waals surface area contributed by atoms with E-state index in [0.29, 0.717) is 23.0 Å². The number of aldehydes is 1. The largest absolute Gasteiger partial charge is 0.484 e. The summed E-state index contributed by atoms with van der Waals surface area (Å²) in [6, 6.07) is 16.7. The molecule has 0 unspecified atom stereocenters. The topological polar surface area (TPSA) is 52.3 Å². The number of hydrogen-bond acceptors (Lipinski definition) is 4. The van der Waals surface area contributed by atoms with Gasteiger partial charge in [0.2, 0.25) is 5.89 Å². The maximum absolute atomic E-state index is 10.6. The predicted octanol–water partition coefficient (Wildman–Crippen LogP) is 3.73. The Hall–Kier alpha value is -2.88. The minimum Gasteiger partial charge on any atom is -0.484 e. The molecule has 0 fully saturated rings. The summed E-state index contributed by atoms with van der Waals surface area (Å²) in [5.74, 6) is 1.89. The van der Waals surface area contributed by atoms with Gasteiger partial charge in [0.1, 0.15) is 12.0 Å². The molecule has 0 amide bonds. The fourth-order valence-corrected chi connectivity index (χ4v) is 1.90. The zero-order valence-corrected chi connectivity index (χ0v) is 11.2. The lowest BCUT2D eigenvalue weighted by Gasteiger charge is -2.03. The van der Waals surface area contributed by atoms with E-state index in [0.717, 1.165) is 11.8 Å². The van der Waals surface area contributed by atoms with Gasteiger partial charge in [-0.3, -0.25) is 4.79 Å². The van der Waals surface area contributed by atoms with Crippen LogP contribution in [0.1, 0.15) is 16.2 Å². The van der Waals surface area contributed by atoms with E-state index >= 15 is 0 Å². The Morgan fingerprint density at radius 3 is 2.52 bits per heavy atom. The molecule has 0 aliphatic rings. The summed E-state index contributed by atoms with van der Waals surface area (Å²) in [5.41, 5.74) is 1.59. The smallest absolute Gasteiger partial charge is 0.232 e. The summed E-state index contributed by atoms with van der Waals surface area (Å²) < 4.78 is 11.2. The van der Waals surface area contributed by atoms with Crippen molar-refractivity contribution >= 4 is 6.29 Å². The molecule has 4 nitrogen and oxygen atoms in total. The first kappa shape index (κ1) is 13.1. The molecule has 0 aliphatic heterocycles. The summed E-state index contributed by atoms with van der Waals surface area (Å²) >= 11 is 0. The Morgan fingerprint density at radius 1 is 1.05 bits per heavy atom. The molecule has 0 saturated heterocycles. The van der Waals surface area contributed by atoms with Crippen LogP contribution in [0.15, 0.2) is 65.2 Å². The van der Waals surface area contributed by atoms with Gasteiger partial charge < -0.3 is 9.15 Å². The third-order valence-corrected chi connectivity index (χ3v) is 2.99. The fraction of sp³-hybridized carbons (Fsp3) is 0.0588. The second kappa shape index (κ2) is 6.05. The zero-order valence-electron chi connectivity index (χ0n) is 11.2. The van der Waals surface area contributed by atoms with Crippen LogP contribution in [0.5, 0.6) is 5.75 Å². The van der Waals surface area contributed by atoms with E-state index in [1.807, 2.05) is 30.3 Å². The highest BCUT2D eigenvalue weighted by molar-refractivity contribution is 5.74. The van der Waals surface area contributed by atoms with Gasteiger partial charge >= 0.3 is 0 Å². The van der Waals surface area contributed by atoms with Crippen molar-refractivity contribution in [2.24, 2.45) is 0 Å². The zero-order chi connectivity index (χ0) is 14.5. The molecule has 0 radical (unpaired) electrons. The fourth-order valence-electron chi connectivity index (χ4n) is 1.90. The molecule has 0 atom stereocenters. The number of hydrogen-bond donors (Lipinski definition) is 0. The van der Waals surface area contributed by atoms with Crippen LogP contribution in [-0.4, -0.2) is 11.3 Å². The Balaban J connectivity index is 1.66. The van der Waals surface area contributed by atoms with E-state index in [-0.39, 0.29) is 6.61 Å². The van der Waals surface area contributed by atoms with Crippen LogP contribution < -0.4 is 4.74 Å². The van der Waals surface area contributed by atoms with E-state index in [1.165, 1.54) is 0 Å². The lowest BCUT2D eigenvalue weighted by Crippen LogP contribution is -1.95. The van der Waals surface area contributed by atoms with Gasteiger partial charge in [-0.2, -0.15) is 0 Å². The van der Waals surface area contributed by atoms with Crippen molar-refractivity contribution in [1.82, 2.24) is 4.98 Å². The van der Waals surface area contributed by atoms with E-state index in [4.69, 9.17) is 9.15 Å². The van der Waals surface area contributed by atoms with Gasteiger partial charge in [0.25, 0.3) is 0 Å². The predicted molar refractivity (Wildman–Crippen MR) is 78.1 cm³/mol. The van der Waals surface area contributed by atoms with E-state index in [9.17, 15) is 4.79 Å². The van der Waals surface area contributed by atoms with Crippen LogP contribution >= 0.6 is 0 Å². The van der Waals surface area contributed by atoms with Gasteiger partial charge in [-0.1, -0.05) is 30.3 Å². The number of carbonyl (C=O) groups is 1. The Kier molecular flexibility index (Phi) is 3.78. The summed E-state index contributed by atoms with van der Waals surface area (Å²) in [7, 11) is 0. The normalized spacial score (nSPS) is 10.3. The molecule has 1 aromatic heterocycles. The summed E-state index contributed by atoms with van der Waals surface area (Å²) in [6.07, 6.45) is 2.48. The molecule has 1 heterocycles. The van der Waals surface area contributed by atoms with Gasteiger partial charge in [-0.15, -0.1) is 0 Å². The van der Waals surface area contributed by atoms with Crippen molar-refractivity contribution in [2.75, 3.05) is 0 Å². The van der Waals surface area contributed by atoms with Crippen LogP contribution in [-0.2, 0) is 6.61 Å². The second-order valence-electron chi connectivity index (χ2n) is 4.46. The molecule has 0 spiro atoms. The summed E-state index contributed by atoms with van der Waals surface area (Å²) in [5, 5.41) is 0. The lowest BCUT2D eigenvalue weighted by atomic mass is 10.2. The Morgan fingerprint density at radius 2 is 1.81 bits per heavy atom. The molecule has 104 valence electrons. The molecule has 0 bridgehead atoms. The SMILES string of the molecule is O=Cc1ccc(OCc2ncc(-c3ccccc3)o2)cc1. The summed E-state index contributed by atoms with van der Waals surface area (Å²) in [4.78, 5) is 14.8. The number of ether oxygens (including phenoxy) is 1. The van der Waals surface area contributed by atoms with Crippen LogP contribution in [0.2, 0.25) is 0 Å². The number of rotatable bonds is 5. The van der Waals surface area contributed by atoms with Crippen LogP contribution in [0.3, 0.4) is 0 Å². The van der Waals surface area contributed by atoms with Crippen molar-refractivity contribution in [3.8, 4) is 17.1 Å². The number of nitrogens with zero attached hydrogens (tertiary/aromatic N) is 1. The second-order valence-corrected chi connectivity index (χ2v) is 4.46. The molecule has 0 saturated carbocycles. The van der Waals surface area contributed by atoms with Gasteiger partial charge in [-0.25, -0.2) is 4.98 Å². The molecular formula is C17H13NO3. The molecule has 0 aliphatic carbocycles. The first-order valence-electron chi connectivity index (χ1n) is 6.53. The average molecular weight is 279 g/mol. The standard InChI is InChI=1S/C17H13NO3/c19-11-13-6-8-15(9-7-13)20-12-17-18-10-16(21-17)14-4-2-1-3-5-14/h1-11H,12H2. The number of oxazole rings is 1. The van der Waals surface area contributed by atoms with Crippen molar-refractivity contribution in [2.45, 2.75) is 6.61 Å². The number of aromatic nitrogens is 1.